The molecule has 4 atom stereocenters. The normalized spacial score (nSPS) is 23.1. The van der Waals surface area contributed by atoms with Crippen LogP contribution in [0.4, 0.5) is 4.79 Å². The van der Waals surface area contributed by atoms with Gasteiger partial charge in [-0.25, -0.2) is 4.79 Å². The van der Waals surface area contributed by atoms with Crippen LogP contribution < -0.4 is 5.32 Å². The Kier molecular flexibility index (Phi) is 7.27. The van der Waals surface area contributed by atoms with Gasteiger partial charge in [-0.15, -0.1) is 0 Å². The molecule has 1 saturated carbocycles. The second-order valence-corrected chi connectivity index (χ2v) is 9.67. The average molecular weight is 439 g/mol. The fraction of sp³-hybridized carbons (Fsp3) is 0.522. The molecule has 1 aromatic rings. The molecule has 1 saturated heterocycles. The third kappa shape index (κ3) is 6.12. The summed E-state index contributed by atoms with van der Waals surface area (Å²) in [5, 5.41) is 31.2. The number of rotatable bonds is 7. The number of fused-ring (bicyclic) bond motifs is 1. The predicted molar refractivity (Wildman–Crippen MR) is 119 cm³/mol. The molecule has 1 aliphatic carbocycles. The highest BCUT2D eigenvalue weighted by Crippen LogP contribution is 2.50. The Bertz CT molecular complexity index is 906. The number of benzene rings is 1. The van der Waals surface area contributed by atoms with E-state index in [9.17, 15) is 24.9 Å². The molecule has 1 aliphatic heterocycles. The van der Waals surface area contributed by atoms with Gasteiger partial charge in [0.25, 0.3) is 5.91 Å². The first kappa shape index (κ1) is 23.8. The Labute approximate surface area is 189 Å². The lowest BCUT2D eigenvalue weighted by Crippen LogP contribution is -2.49. The number of likely N-dealkylation sites (tertiary alicyclic amines) is 1. The van der Waals surface area contributed by atoms with Crippen molar-refractivity contribution in [1.82, 2.24) is 10.2 Å². The summed E-state index contributed by atoms with van der Waals surface area (Å²) in [4.78, 5) is 26.9. The molecule has 2 aliphatic rings. The summed E-state index contributed by atoms with van der Waals surface area (Å²) in [6, 6.07) is 10.9. The van der Waals surface area contributed by atoms with Crippen molar-refractivity contribution in [2.24, 2.45) is 17.3 Å². The smallest absolute Gasteiger partial charge is 0.447 e. The zero-order valence-corrected chi connectivity index (χ0v) is 18.7. The van der Waals surface area contributed by atoms with Crippen LogP contribution in [0.5, 0.6) is 0 Å². The molecule has 3 rings (SSSR count). The number of nitrogens with one attached hydrogen (secondary N) is 1. The number of carbonyl (C=O) groups excluding carboxylic acids is 2. The summed E-state index contributed by atoms with van der Waals surface area (Å²) in [7, 11) is -1.75. The van der Waals surface area contributed by atoms with E-state index in [4.69, 9.17) is 4.74 Å². The van der Waals surface area contributed by atoms with E-state index in [2.05, 4.69) is 5.32 Å². The lowest BCUT2D eigenvalue weighted by Gasteiger charge is -2.28. The van der Waals surface area contributed by atoms with Gasteiger partial charge in [0.1, 0.15) is 18.2 Å². The molecular formula is C23H30BN3O5. The van der Waals surface area contributed by atoms with Crippen LogP contribution in [0, 0.1) is 28.6 Å². The Morgan fingerprint density at radius 1 is 1.34 bits per heavy atom. The number of amides is 2. The fourth-order valence-corrected chi connectivity index (χ4v) is 4.20. The molecule has 2 fully saturated rings. The highest BCUT2D eigenvalue weighted by molar-refractivity contribution is 6.43. The number of hydrogen-bond acceptors (Lipinski definition) is 6. The van der Waals surface area contributed by atoms with Gasteiger partial charge in [0.2, 0.25) is 0 Å². The number of piperidine rings is 1. The molecule has 1 aromatic carbocycles. The monoisotopic (exact) mass is 439 g/mol. The Morgan fingerprint density at radius 2 is 2.03 bits per heavy atom. The van der Waals surface area contributed by atoms with E-state index >= 15 is 0 Å². The van der Waals surface area contributed by atoms with Gasteiger partial charge >= 0.3 is 13.2 Å². The van der Waals surface area contributed by atoms with Crippen LogP contribution >= 0.6 is 0 Å². The summed E-state index contributed by atoms with van der Waals surface area (Å²) >= 11 is 0. The van der Waals surface area contributed by atoms with Crippen molar-refractivity contribution in [2.45, 2.75) is 45.6 Å². The Morgan fingerprint density at radius 3 is 2.62 bits per heavy atom. The number of nitrogens with zero attached hydrogens (tertiary/aromatic N) is 2. The molecule has 3 N–H and O–H groups in total. The largest absolute Gasteiger partial charge is 0.475 e. The van der Waals surface area contributed by atoms with Crippen molar-refractivity contribution in [1.29, 1.82) is 5.26 Å². The lowest BCUT2D eigenvalue weighted by molar-refractivity contribution is -0.129. The zero-order valence-electron chi connectivity index (χ0n) is 18.7. The van der Waals surface area contributed by atoms with Crippen molar-refractivity contribution < 1.29 is 24.4 Å². The number of hydrogen-bond donors (Lipinski definition) is 3. The van der Waals surface area contributed by atoms with Crippen LogP contribution in [-0.4, -0.2) is 59.2 Å². The van der Waals surface area contributed by atoms with Gasteiger partial charge < -0.3 is 25.0 Å². The molecule has 32 heavy (non-hydrogen) atoms. The number of allylic oxidation sites excluding steroid dienone is 1. The first-order valence-electron chi connectivity index (χ1n) is 10.9. The zero-order chi connectivity index (χ0) is 23.5. The van der Waals surface area contributed by atoms with E-state index in [-0.39, 0.29) is 41.9 Å². The topological polar surface area (TPSA) is 123 Å². The summed E-state index contributed by atoms with van der Waals surface area (Å²) in [6.45, 7) is 6.31. The Hall–Kier alpha value is -2.83. The predicted octanol–water partition coefficient (Wildman–Crippen LogP) is 1.68. The third-order valence-electron chi connectivity index (χ3n) is 5.84. The molecule has 0 spiro atoms. The molecule has 8 nitrogen and oxygen atoms in total. The molecule has 0 aromatic heterocycles. The number of carbonyl (C=O) groups is 2. The molecule has 0 radical (unpaired) electrons. The molecule has 1 heterocycles. The van der Waals surface area contributed by atoms with E-state index < -0.39 is 19.2 Å². The van der Waals surface area contributed by atoms with Crippen LogP contribution in [0.15, 0.2) is 42.0 Å². The highest BCUT2D eigenvalue weighted by atomic mass is 16.5. The molecule has 9 heteroatoms. The average Bonchev–Trinajstić information content (AvgIpc) is 3.41. The maximum atomic E-state index is 13.0. The number of nitriles is 1. The molecule has 2 amide bonds. The van der Waals surface area contributed by atoms with Gasteiger partial charge in [0.15, 0.2) is 0 Å². The standard InChI is InChI=1S/C23H30BN3O5/c1-23(2,3)11-17(12-25)21(28)27-13-16-10-18(16)19(27)14-32-22(29)26-20(24(30)31)9-15-7-5-4-6-8-15/h4-8,11,16,18-20,30-31H,9-10,13-14H2,1-3H3,(H,26,29)/t16-,18-,19+,20?/m0/s1. The first-order valence-corrected chi connectivity index (χ1v) is 10.9. The lowest BCUT2D eigenvalue weighted by atomic mass is 9.76. The van der Waals surface area contributed by atoms with Gasteiger partial charge in [-0.3, -0.25) is 4.79 Å². The minimum atomic E-state index is -1.75. The third-order valence-corrected chi connectivity index (χ3v) is 5.84. The molecular weight excluding hydrogens is 409 g/mol. The van der Waals surface area contributed by atoms with Gasteiger partial charge in [0.05, 0.1) is 12.0 Å². The SMILES string of the molecule is CC(C)(C)C=C(C#N)C(=O)N1C[C@@H]2C[C@@H]2[C@H]1COC(=O)NC(Cc1ccccc1)B(O)O. The maximum Gasteiger partial charge on any atom is 0.475 e. The second-order valence-electron chi connectivity index (χ2n) is 9.67. The van der Waals surface area contributed by atoms with Crippen molar-refractivity contribution in [3.63, 3.8) is 0 Å². The van der Waals surface area contributed by atoms with Crippen LogP contribution in [0.1, 0.15) is 32.8 Å². The van der Waals surface area contributed by atoms with Crippen LogP contribution in [0.2, 0.25) is 0 Å². The van der Waals surface area contributed by atoms with Crippen LogP contribution in [-0.2, 0) is 16.0 Å². The van der Waals surface area contributed by atoms with Crippen LogP contribution in [0.25, 0.3) is 0 Å². The second kappa shape index (κ2) is 9.76. The molecule has 0 bridgehead atoms. The molecule has 170 valence electrons. The van der Waals surface area contributed by atoms with E-state index in [0.29, 0.717) is 12.5 Å². The summed E-state index contributed by atoms with van der Waals surface area (Å²) in [5.41, 5.74) is 0.627. The summed E-state index contributed by atoms with van der Waals surface area (Å²) in [5.74, 6) is -0.642. The number of ether oxygens (including phenoxy) is 1. The Balaban J connectivity index is 1.59. The summed E-state index contributed by atoms with van der Waals surface area (Å²) in [6.07, 6.45) is 2.09. The fourth-order valence-electron chi connectivity index (χ4n) is 4.20. The summed E-state index contributed by atoms with van der Waals surface area (Å²) < 4.78 is 5.37. The quantitative estimate of drug-likeness (QED) is 0.338. The van der Waals surface area contributed by atoms with Gasteiger partial charge in [-0.2, -0.15) is 5.26 Å². The maximum absolute atomic E-state index is 13.0. The first-order chi connectivity index (χ1) is 15.1. The van der Waals surface area contributed by atoms with E-state index in [1.807, 2.05) is 57.2 Å². The van der Waals surface area contributed by atoms with Crippen molar-refractivity contribution in [3.8, 4) is 6.07 Å². The van der Waals surface area contributed by atoms with Crippen molar-refractivity contribution in [2.75, 3.05) is 13.2 Å². The number of alkyl carbamates (subject to hydrolysis) is 1. The van der Waals surface area contributed by atoms with Crippen molar-refractivity contribution >= 4 is 19.1 Å². The van der Waals surface area contributed by atoms with E-state index in [1.165, 1.54) is 0 Å². The highest BCUT2D eigenvalue weighted by Gasteiger charge is 2.54. The van der Waals surface area contributed by atoms with Crippen molar-refractivity contribution in [3.05, 3.63) is 47.5 Å². The van der Waals surface area contributed by atoms with E-state index in [0.717, 1.165) is 12.0 Å². The molecule has 1 unspecified atom stereocenters. The van der Waals surface area contributed by atoms with Crippen LogP contribution in [0.3, 0.4) is 0 Å². The van der Waals surface area contributed by atoms with Gasteiger partial charge in [-0.05, 0) is 35.7 Å². The van der Waals surface area contributed by atoms with Gasteiger partial charge in [0, 0.05) is 6.54 Å². The van der Waals surface area contributed by atoms with E-state index in [1.54, 1.807) is 11.0 Å². The van der Waals surface area contributed by atoms with Gasteiger partial charge in [-0.1, -0.05) is 57.2 Å². The minimum Gasteiger partial charge on any atom is -0.447 e. The minimum absolute atomic E-state index is 0.00739.